The first-order valence-electron chi connectivity index (χ1n) is 11.6. The molecular weight excluding hydrogens is 482 g/mol. The highest BCUT2D eigenvalue weighted by Gasteiger charge is 2.44. The molecule has 0 N–H and O–H groups in total. The van der Waals surface area contributed by atoms with Gasteiger partial charge in [0.25, 0.3) is 0 Å². The minimum Gasteiger partial charge on any atom is -0.497 e. The maximum absolute atomic E-state index is 13.8. The zero-order valence-corrected chi connectivity index (χ0v) is 22.1. The molecule has 1 aliphatic heterocycles. The molecule has 186 valence electrons. The number of hydrogen-bond donors (Lipinski definition) is 0. The monoisotopic (exact) mass is 513 g/mol. The minimum absolute atomic E-state index is 0.130. The Bertz CT molecular complexity index is 1280. The van der Waals surface area contributed by atoms with Crippen LogP contribution < -0.4 is 4.74 Å². The molecular formula is C27H31NO5S2. The molecule has 3 aromatic rings. The summed E-state index contributed by atoms with van der Waals surface area (Å²) in [6.07, 6.45) is 1.91. The van der Waals surface area contributed by atoms with E-state index in [1.165, 1.54) is 47.3 Å². The van der Waals surface area contributed by atoms with Gasteiger partial charge in [-0.25, -0.2) is 8.42 Å². The zero-order valence-electron chi connectivity index (χ0n) is 20.5. The van der Waals surface area contributed by atoms with Gasteiger partial charge in [0.15, 0.2) is 0 Å². The fraction of sp³-hybridized carbons (Fsp3) is 0.370. The number of benzene rings is 2. The van der Waals surface area contributed by atoms with Gasteiger partial charge in [0.2, 0.25) is 10.0 Å². The van der Waals surface area contributed by atoms with Crippen molar-refractivity contribution in [2.24, 2.45) is 0 Å². The molecule has 0 saturated heterocycles. The third-order valence-corrected chi connectivity index (χ3v) is 9.46. The fourth-order valence-corrected chi connectivity index (χ4v) is 7.57. The summed E-state index contributed by atoms with van der Waals surface area (Å²) >= 11 is 1.61. The summed E-state index contributed by atoms with van der Waals surface area (Å²) in [5.74, 6) is -0.288. The number of methoxy groups -OCH3 is 2. The van der Waals surface area contributed by atoms with Crippen LogP contribution in [0.3, 0.4) is 0 Å². The number of hydrogen-bond acceptors (Lipinski definition) is 6. The van der Waals surface area contributed by atoms with Crippen LogP contribution in [0.2, 0.25) is 0 Å². The van der Waals surface area contributed by atoms with Gasteiger partial charge < -0.3 is 9.47 Å². The summed E-state index contributed by atoms with van der Waals surface area (Å²) in [7, 11) is -1.11. The van der Waals surface area contributed by atoms with E-state index in [1.54, 1.807) is 23.5 Å². The van der Waals surface area contributed by atoms with Gasteiger partial charge in [-0.15, -0.1) is 11.3 Å². The lowest BCUT2D eigenvalue weighted by Gasteiger charge is -2.32. The second-order valence-corrected chi connectivity index (χ2v) is 11.8. The number of carbonyl (C=O) groups is 1. The maximum atomic E-state index is 13.8. The average Bonchev–Trinajstić information content (AvgIpc) is 3.24. The Balaban J connectivity index is 1.75. The second-order valence-electron chi connectivity index (χ2n) is 8.95. The van der Waals surface area contributed by atoms with E-state index in [2.05, 4.69) is 32.0 Å². The number of rotatable bonds is 7. The molecule has 2 atom stereocenters. The molecule has 2 aromatic carbocycles. The number of carbonyl (C=O) groups excluding carboxylic acids is 1. The van der Waals surface area contributed by atoms with Gasteiger partial charge in [0.1, 0.15) is 11.8 Å². The van der Waals surface area contributed by atoms with Crippen LogP contribution in [-0.4, -0.2) is 45.5 Å². The number of thiophene rings is 1. The quantitative estimate of drug-likeness (QED) is 0.421. The lowest BCUT2D eigenvalue weighted by atomic mass is 9.86. The van der Waals surface area contributed by atoms with E-state index in [0.29, 0.717) is 18.6 Å². The van der Waals surface area contributed by atoms with E-state index < -0.39 is 22.0 Å². The van der Waals surface area contributed by atoms with Crippen molar-refractivity contribution >= 4 is 27.3 Å². The van der Waals surface area contributed by atoms with Crippen molar-refractivity contribution in [3.8, 4) is 5.75 Å². The van der Waals surface area contributed by atoms with Crippen LogP contribution in [0.1, 0.15) is 39.5 Å². The molecule has 0 fully saturated rings. The molecule has 4 rings (SSSR count). The number of sulfonamides is 1. The van der Waals surface area contributed by atoms with Crippen LogP contribution >= 0.6 is 11.3 Å². The van der Waals surface area contributed by atoms with Gasteiger partial charge in [-0.2, -0.15) is 4.31 Å². The lowest BCUT2D eigenvalue weighted by Crippen LogP contribution is -2.48. The van der Waals surface area contributed by atoms with E-state index in [9.17, 15) is 13.2 Å². The Morgan fingerprint density at radius 3 is 2.37 bits per heavy atom. The Morgan fingerprint density at radius 1 is 1.06 bits per heavy atom. The number of nitrogens with zero attached hydrogens (tertiary/aromatic N) is 1. The van der Waals surface area contributed by atoms with Crippen molar-refractivity contribution in [1.29, 1.82) is 0 Å². The van der Waals surface area contributed by atoms with Crippen LogP contribution in [0.25, 0.3) is 0 Å². The van der Waals surface area contributed by atoms with E-state index in [1.807, 2.05) is 11.4 Å². The first-order valence-corrected chi connectivity index (χ1v) is 13.9. The topological polar surface area (TPSA) is 72.9 Å². The van der Waals surface area contributed by atoms with Crippen molar-refractivity contribution in [2.75, 3.05) is 20.8 Å². The van der Waals surface area contributed by atoms with Crippen LogP contribution in [0.15, 0.2) is 58.8 Å². The predicted octanol–water partition coefficient (Wildman–Crippen LogP) is 4.88. The second kappa shape index (κ2) is 10.5. The largest absolute Gasteiger partial charge is 0.497 e. The van der Waals surface area contributed by atoms with Gasteiger partial charge in [-0.3, -0.25) is 4.79 Å². The van der Waals surface area contributed by atoms with E-state index in [-0.39, 0.29) is 17.4 Å². The number of esters is 1. The first kappa shape index (κ1) is 25.4. The molecule has 0 unspecified atom stereocenters. The molecule has 0 amide bonds. The number of aryl methyl sites for hydroxylation is 3. The first-order chi connectivity index (χ1) is 16.7. The highest BCUT2D eigenvalue weighted by molar-refractivity contribution is 7.89. The summed E-state index contributed by atoms with van der Waals surface area (Å²) in [4.78, 5) is 14.5. The third kappa shape index (κ3) is 5.29. The molecule has 0 spiro atoms. The van der Waals surface area contributed by atoms with Gasteiger partial charge in [-0.05, 0) is 79.9 Å². The van der Waals surface area contributed by atoms with Gasteiger partial charge >= 0.3 is 5.97 Å². The van der Waals surface area contributed by atoms with Crippen molar-refractivity contribution in [3.63, 3.8) is 0 Å². The van der Waals surface area contributed by atoms with Gasteiger partial charge in [-0.1, -0.05) is 29.3 Å². The normalized spacial score (nSPS) is 18.5. The predicted molar refractivity (Wildman–Crippen MR) is 138 cm³/mol. The Morgan fingerprint density at radius 2 is 1.74 bits per heavy atom. The van der Waals surface area contributed by atoms with Crippen LogP contribution in [-0.2, 0) is 32.4 Å². The molecule has 0 bridgehead atoms. The summed E-state index contributed by atoms with van der Waals surface area (Å²) in [5, 5.41) is 2.02. The summed E-state index contributed by atoms with van der Waals surface area (Å²) in [5.41, 5.74) is 4.59. The molecule has 35 heavy (non-hydrogen) atoms. The molecule has 0 radical (unpaired) electrons. The molecule has 1 aliphatic rings. The SMILES string of the molecule is COC(=O)[C@H]1[C@@H](CCc2cc(C)cc(C)c2)c2ccsc2CCN1S(=O)(=O)c1ccc(OC)cc1. The van der Waals surface area contributed by atoms with E-state index in [4.69, 9.17) is 9.47 Å². The Hall–Kier alpha value is -2.68. The smallest absolute Gasteiger partial charge is 0.324 e. The van der Waals surface area contributed by atoms with Crippen molar-refractivity contribution < 1.29 is 22.7 Å². The molecule has 2 heterocycles. The zero-order chi connectivity index (χ0) is 25.2. The molecule has 1 aromatic heterocycles. The molecule has 6 nitrogen and oxygen atoms in total. The highest BCUT2D eigenvalue weighted by atomic mass is 32.2. The van der Waals surface area contributed by atoms with Gasteiger partial charge in [0.05, 0.1) is 19.1 Å². The summed E-state index contributed by atoms with van der Waals surface area (Å²) in [6, 6.07) is 13.8. The third-order valence-electron chi connectivity index (χ3n) is 6.56. The Labute approximate surface area is 211 Å². The van der Waals surface area contributed by atoms with Crippen molar-refractivity contribution in [1.82, 2.24) is 4.31 Å². The summed E-state index contributed by atoms with van der Waals surface area (Å²) < 4.78 is 39.4. The summed E-state index contributed by atoms with van der Waals surface area (Å²) in [6.45, 7) is 4.35. The highest BCUT2D eigenvalue weighted by Crippen LogP contribution is 2.39. The molecule has 0 saturated carbocycles. The molecule has 8 heteroatoms. The van der Waals surface area contributed by atoms with Gasteiger partial charge in [0, 0.05) is 17.3 Å². The number of ether oxygens (including phenoxy) is 2. The lowest BCUT2D eigenvalue weighted by molar-refractivity contribution is -0.146. The maximum Gasteiger partial charge on any atom is 0.324 e. The van der Waals surface area contributed by atoms with Crippen LogP contribution in [0.5, 0.6) is 5.75 Å². The Kier molecular flexibility index (Phi) is 7.64. The fourth-order valence-electron chi connectivity index (χ4n) is 5.01. The van der Waals surface area contributed by atoms with E-state index >= 15 is 0 Å². The number of fused-ring (bicyclic) bond motifs is 1. The van der Waals surface area contributed by atoms with E-state index in [0.717, 1.165) is 16.9 Å². The van der Waals surface area contributed by atoms with Crippen molar-refractivity contribution in [3.05, 3.63) is 81.0 Å². The molecule has 0 aliphatic carbocycles. The minimum atomic E-state index is -3.96. The average molecular weight is 514 g/mol. The van der Waals surface area contributed by atoms with Crippen LogP contribution in [0, 0.1) is 13.8 Å². The standard InChI is InChI=1S/C27H31NO5S2/c1-18-15-19(2)17-20(16-18)5-10-24-23-12-14-34-25(23)11-13-28(26(24)27(29)33-4)35(30,31)22-8-6-21(32-3)7-9-22/h6-9,12,14-17,24,26H,5,10-11,13H2,1-4H3/t24-,26+/m0/s1. The van der Waals surface area contributed by atoms with Crippen molar-refractivity contribution in [2.45, 2.75) is 50.0 Å². The van der Waals surface area contributed by atoms with Crippen LogP contribution in [0.4, 0.5) is 0 Å².